The summed E-state index contributed by atoms with van der Waals surface area (Å²) >= 11 is 1.65. The largest absolute Gasteiger partial charge is 0.293 e. The van der Waals surface area contributed by atoms with Gasteiger partial charge < -0.3 is 0 Å². The van der Waals surface area contributed by atoms with Gasteiger partial charge in [0.15, 0.2) is 5.78 Å². The van der Waals surface area contributed by atoms with Gasteiger partial charge in [0, 0.05) is 10.5 Å². The van der Waals surface area contributed by atoms with Crippen LogP contribution in [0.1, 0.15) is 10.4 Å². The Morgan fingerprint density at radius 2 is 2.00 bits per heavy atom. The van der Waals surface area contributed by atoms with Crippen LogP contribution in [0.3, 0.4) is 0 Å². The van der Waals surface area contributed by atoms with Crippen LogP contribution in [0.5, 0.6) is 0 Å². The van der Waals surface area contributed by atoms with E-state index in [2.05, 4.69) is 12.1 Å². The summed E-state index contributed by atoms with van der Waals surface area (Å²) < 4.78 is 0. The first-order valence-corrected chi connectivity index (χ1v) is 5.52. The monoisotopic (exact) mass is 200 g/mol. The average Bonchev–Trinajstić information content (AvgIpc) is 2.61. The third-order valence-corrected chi connectivity index (χ3v) is 3.55. The first-order valence-electron chi connectivity index (χ1n) is 4.54. The van der Waals surface area contributed by atoms with Crippen molar-refractivity contribution in [2.75, 3.05) is 5.75 Å². The van der Waals surface area contributed by atoms with E-state index in [-0.39, 0.29) is 5.78 Å². The lowest BCUT2D eigenvalue weighted by Crippen LogP contribution is -1.94. The summed E-state index contributed by atoms with van der Waals surface area (Å²) in [5, 5.41) is 0. The predicted octanol–water partition coefficient (Wildman–Crippen LogP) is 3.08. The highest BCUT2D eigenvalue weighted by Gasteiger charge is 2.26. The number of carbonyl (C=O) groups is 1. The molecule has 1 heterocycles. The smallest absolute Gasteiger partial charge is 0.174 e. The highest BCUT2D eigenvalue weighted by atomic mass is 32.2. The lowest BCUT2D eigenvalue weighted by atomic mass is 10.1. The summed E-state index contributed by atoms with van der Waals surface area (Å²) in [5.41, 5.74) is 3.20. The SMILES string of the molecule is O=C1CSc2cc3cccccc-3c21. The Morgan fingerprint density at radius 3 is 2.93 bits per heavy atom. The zero-order chi connectivity index (χ0) is 9.54. The van der Waals surface area contributed by atoms with Gasteiger partial charge in [0.05, 0.1) is 5.75 Å². The Kier molecular flexibility index (Phi) is 1.64. The molecule has 0 spiro atoms. The van der Waals surface area contributed by atoms with Crippen molar-refractivity contribution in [1.29, 1.82) is 0 Å². The third-order valence-electron chi connectivity index (χ3n) is 2.51. The molecule has 14 heavy (non-hydrogen) atoms. The Balaban J connectivity index is 2.37. The maximum atomic E-state index is 11.6. The molecule has 0 atom stereocenters. The third kappa shape index (κ3) is 1.01. The molecule has 0 aromatic carbocycles. The molecule has 0 fully saturated rings. The van der Waals surface area contributed by atoms with Gasteiger partial charge in [-0.05, 0) is 17.2 Å². The first-order chi connectivity index (χ1) is 6.86. The molecule has 0 unspecified atom stereocenters. The molecule has 0 bridgehead atoms. The van der Waals surface area contributed by atoms with E-state index in [0.717, 1.165) is 16.0 Å². The van der Waals surface area contributed by atoms with Gasteiger partial charge in [-0.15, -0.1) is 11.8 Å². The number of fused-ring (bicyclic) bond motifs is 3. The molecule has 68 valence electrons. The van der Waals surface area contributed by atoms with Gasteiger partial charge in [-0.1, -0.05) is 30.3 Å². The zero-order valence-electron chi connectivity index (χ0n) is 7.49. The fraction of sp³-hybridized carbons (Fsp3) is 0.0833. The van der Waals surface area contributed by atoms with Gasteiger partial charge >= 0.3 is 0 Å². The van der Waals surface area contributed by atoms with Crippen molar-refractivity contribution in [3.63, 3.8) is 0 Å². The van der Waals surface area contributed by atoms with Crippen molar-refractivity contribution in [2.45, 2.75) is 4.90 Å². The van der Waals surface area contributed by atoms with Gasteiger partial charge in [-0.3, -0.25) is 4.79 Å². The summed E-state index contributed by atoms with van der Waals surface area (Å²) in [6, 6.07) is 12.2. The number of Topliss-reactive ketones (excluding diaryl/α,β-unsaturated/α-hetero) is 1. The number of carbonyl (C=O) groups excluding carboxylic acids is 1. The van der Waals surface area contributed by atoms with Crippen molar-refractivity contribution in [3.8, 4) is 11.1 Å². The van der Waals surface area contributed by atoms with E-state index in [0.29, 0.717) is 5.75 Å². The molecule has 1 nitrogen and oxygen atoms in total. The lowest BCUT2D eigenvalue weighted by Gasteiger charge is -1.94. The maximum absolute atomic E-state index is 11.6. The maximum Gasteiger partial charge on any atom is 0.174 e. The molecule has 0 radical (unpaired) electrons. The normalized spacial score (nSPS) is 14.7. The summed E-state index contributed by atoms with van der Waals surface area (Å²) in [6.45, 7) is 0. The number of hydrogen-bond acceptors (Lipinski definition) is 2. The number of hydrogen-bond donors (Lipinski definition) is 0. The van der Waals surface area contributed by atoms with Crippen LogP contribution in [-0.2, 0) is 0 Å². The lowest BCUT2D eigenvalue weighted by molar-refractivity contribution is 0.102. The minimum Gasteiger partial charge on any atom is -0.293 e. The summed E-state index contributed by atoms with van der Waals surface area (Å²) in [7, 11) is 0. The highest BCUT2D eigenvalue weighted by molar-refractivity contribution is 8.00. The van der Waals surface area contributed by atoms with E-state index >= 15 is 0 Å². The molecule has 1 aliphatic heterocycles. The summed E-state index contributed by atoms with van der Waals surface area (Å²) in [5.74, 6) is 0.880. The van der Waals surface area contributed by atoms with Crippen molar-refractivity contribution in [2.24, 2.45) is 0 Å². The van der Waals surface area contributed by atoms with Gasteiger partial charge in [-0.2, -0.15) is 0 Å². The second-order valence-electron chi connectivity index (χ2n) is 3.38. The number of ketones is 1. The van der Waals surface area contributed by atoms with Crippen LogP contribution < -0.4 is 0 Å². The Hall–Kier alpha value is -1.28. The van der Waals surface area contributed by atoms with E-state index in [1.54, 1.807) is 11.8 Å². The van der Waals surface area contributed by atoms with Crippen LogP contribution in [0.4, 0.5) is 0 Å². The fourth-order valence-corrected chi connectivity index (χ4v) is 2.89. The van der Waals surface area contributed by atoms with E-state index in [4.69, 9.17) is 0 Å². The summed E-state index contributed by atoms with van der Waals surface area (Å²) in [6.07, 6.45) is 0. The van der Waals surface area contributed by atoms with Crippen LogP contribution in [0.15, 0.2) is 41.3 Å². The van der Waals surface area contributed by atoms with Gasteiger partial charge in [0.1, 0.15) is 0 Å². The second-order valence-corrected chi connectivity index (χ2v) is 4.39. The molecule has 0 amide bonds. The van der Waals surface area contributed by atoms with Crippen molar-refractivity contribution in [3.05, 3.63) is 42.0 Å². The minimum atomic E-state index is 0.270. The molecule has 3 rings (SSSR count). The molecular weight excluding hydrogens is 192 g/mol. The van der Waals surface area contributed by atoms with Crippen LogP contribution in [-0.4, -0.2) is 11.5 Å². The van der Waals surface area contributed by atoms with E-state index in [1.165, 1.54) is 5.56 Å². The highest BCUT2D eigenvalue weighted by Crippen LogP contribution is 2.41. The molecule has 0 N–H and O–H groups in total. The van der Waals surface area contributed by atoms with Crippen molar-refractivity contribution < 1.29 is 4.79 Å². The second kappa shape index (κ2) is 2.85. The first kappa shape index (κ1) is 8.06. The number of rotatable bonds is 0. The van der Waals surface area contributed by atoms with Gasteiger partial charge in [-0.25, -0.2) is 0 Å². The average molecular weight is 200 g/mol. The molecular formula is C12H8OS. The molecule has 2 heteroatoms. The van der Waals surface area contributed by atoms with E-state index < -0.39 is 0 Å². The molecule has 0 saturated heterocycles. The molecule has 0 aromatic rings. The molecule has 2 aliphatic carbocycles. The van der Waals surface area contributed by atoms with Crippen LogP contribution in [0.2, 0.25) is 0 Å². The molecule has 0 saturated carbocycles. The van der Waals surface area contributed by atoms with Gasteiger partial charge in [0.2, 0.25) is 0 Å². The van der Waals surface area contributed by atoms with Crippen LogP contribution >= 0.6 is 11.8 Å². The minimum absolute atomic E-state index is 0.270. The number of thioether (sulfide) groups is 1. The van der Waals surface area contributed by atoms with Crippen LogP contribution in [0.25, 0.3) is 11.1 Å². The van der Waals surface area contributed by atoms with Crippen molar-refractivity contribution >= 4 is 17.5 Å². The fourth-order valence-electron chi connectivity index (χ4n) is 1.88. The van der Waals surface area contributed by atoms with E-state index in [1.807, 2.05) is 24.3 Å². The standard InChI is InChI=1S/C12H8OS/c13-10-7-14-11-6-8-4-2-1-3-5-9(8)12(10)11/h1-6H,7H2. The molecule has 3 aliphatic rings. The topological polar surface area (TPSA) is 17.1 Å². The Morgan fingerprint density at radius 1 is 1.14 bits per heavy atom. The summed E-state index contributed by atoms with van der Waals surface area (Å²) in [4.78, 5) is 12.8. The Bertz CT molecular complexity index is 490. The Labute approximate surface area is 86.5 Å². The predicted molar refractivity (Wildman–Crippen MR) is 58.1 cm³/mol. The quantitative estimate of drug-likeness (QED) is 0.650. The van der Waals surface area contributed by atoms with E-state index in [9.17, 15) is 4.79 Å². The van der Waals surface area contributed by atoms with Gasteiger partial charge in [0.25, 0.3) is 0 Å². The van der Waals surface area contributed by atoms with Crippen LogP contribution in [0, 0.1) is 0 Å². The molecule has 0 aromatic heterocycles. The van der Waals surface area contributed by atoms with Crippen molar-refractivity contribution in [1.82, 2.24) is 0 Å². The zero-order valence-corrected chi connectivity index (χ0v) is 8.30.